The maximum atomic E-state index is 2.22. The molecule has 0 heterocycles. The molecule has 1 aromatic carbocycles. The van der Waals surface area contributed by atoms with Crippen molar-refractivity contribution < 1.29 is 0 Å². The second kappa shape index (κ2) is 3.67. The van der Waals surface area contributed by atoms with Crippen molar-refractivity contribution in [3.8, 4) is 0 Å². The fourth-order valence-corrected chi connectivity index (χ4v) is 1.69. The van der Waals surface area contributed by atoms with Crippen molar-refractivity contribution in [1.29, 1.82) is 0 Å². The Balaban J connectivity index is 2.62. The first-order valence-corrected chi connectivity index (χ1v) is 4.90. The number of allylic oxidation sites excluding steroid dienone is 5. The third-order valence-electron chi connectivity index (χ3n) is 2.48. The van der Waals surface area contributed by atoms with Gasteiger partial charge in [0.15, 0.2) is 0 Å². The molecule has 0 saturated heterocycles. The Hall–Kier alpha value is -1.56. The Morgan fingerprint density at radius 1 is 0.929 bits per heavy atom. The van der Waals surface area contributed by atoms with Gasteiger partial charge in [0.25, 0.3) is 0 Å². The van der Waals surface area contributed by atoms with Gasteiger partial charge in [-0.15, -0.1) is 0 Å². The van der Waals surface area contributed by atoms with Crippen LogP contribution in [0.1, 0.15) is 23.6 Å². The zero-order valence-corrected chi connectivity index (χ0v) is 8.62. The summed E-state index contributed by atoms with van der Waals surface area (Å²) in [6.07, 6.45) is 10.5. The standard InChI is InChI=1S/C14H14/c1-11-8-9-14-12(2)6-4-3-5-7-13(14)10-11/h3-10H,1-2H3/b4-3-,5-3?,6-4?,7-5-,12-6+,13-7?,14-12?. The van der Waals surface area contributed by atoms with Gasteiger partial charge in [0.05, 0.1) is 0 Å². The number of hydrogen-bond acceptors (Lipinski definition) is 0. The predicted molar refractivity (Wildman–Crippen MR) is 63.0 cm³/mol. The van der Waals surface area contributed by atoms with Crippen LogP contribution in [0.5, 0.6) is 0 Å². The van der Waals surface area contributed by atoms with Crippen molar-refractivity contribution in [1.82, 2.24) is 0 Å². The van der Waals surface area contributed by atoms with Crippen LogP contribution in [0.25, 0.3) is 11.6 Å². The molecule has 70 valence electrons. The SMILES string of the molecule is C\C1=C/C=C\C=C/c2cc(C)ccc21. The van der Waals surface area contributed by atoms with Gasteiger partial charge in [0.1, 0.15) is 0 Å². The molecule has 1 aliphatic rings. The molecule has 0 amide bonds. The molecule has 0 bridgehead atoms. The fourth-order valence-electron chi connectivity index (χ4n) is 1.69. The van der Waals surface area contributed by atoms with E-state index in [1.807, 2.05) is 0 Å². The highest BCUT2D eigenvalue weighted by Gasteiger charge is 2.02. The smallest absolute Gasteiger partial charge is 0.0155 e. The molecular formula is C14H14. The lowest BCUT2D eigenvalue weighted by molar-refractivity contribution is 1.42. The van der Waals surface area contributed by atoms with Gasteiger partial charge in [-0.3, -0.25) is 0 Å². The van der Waals surface area contributed by atoms with Crippen LogP contribution in [0.3, 0.4) is 0 Å². The number of hydrogen-bond donors (Lipinski definition) is 0. The summed E-state index contributed by atoms with van der Waals surface area (Å²) in [5, 5.41) is 0. The first-order valence-electron chi connectivity index (χ1n) is 4.90. The molecule has 0 N–H and O–H groups in total. The Morgan fingerprint density at radius 3 is 2.64 bits per heavy atom. The Kier molecular flexibility index (Phi) is 2.36. The summed E-state index contributed by atoms with van der Waals surface area (Å²) in [7, 11) is 0. The summed E-state index contributed by atoms with van der Waals surface area (Å²) in [5.74, 6) is 0. The van der Waals surface area contributed by atoms with Gasteiger partial charge >= 0.3 is 0 Å². The van der Waals surface area contributed by atoms with Crippen molar-refractivity contribution in [2.75, 3.05) is 0 Å². The van der Waals surface area contributed by atoms with Crippen LogP contribution < -0.4 is 0 Å². The summed E-state index contributed by atoms with van der Waals surface area (Å²) in [4.78, 5) is 0. The van der Waals surface area contributed by atoms with Gasteiger partial charge in [-0.1, -0.05) is 54.1 Å². The quantitative estimate of drug-likeness (QED) is 0.569. The summed E-state index contributed by atoms with van der Waals surface area (Å²) < 4.78 is 0. The van der Waals surface area contributed by atoms with E-state index < -0.39 is 0 Å². The van der Waals surface area contributed by atoms with E-state index in [1.165, 1.54) is 22.3 Å². The average Bonchev–Trinajstić information content (AvgIpc) is 2.14. The zero-order valence-electron chi connectivity index (χ0n) is 8.62. The zero-order chi connectivity index (χ0) is 9.97. The van der Waals surface area contributed by atoms with E-state index in [0.29, 0.717) is 0 Å². The Morgan fingerprint density at radius 2 is 1.79 bits per heavy atom. The van der Waals surface area contributed by atoms with Crippen LogP contribution in [-0.4, -0.2) is 0 Å². The third kappa shape index (κ3) is 1.69. The van der Waals surface area contributed by atoms with Crippen LogP contribution in [0.4, 0.5) is 0 Å². The highest BCUT2D eigenvalue weighted by Crippen LogP contribution is 2.22. The van der Waals surface area contributed by atoms with E-state index in [1.54, 1.807) is 0 Å². The monoisotopic (exact) mass is 182 g/mol. The molecule has 0 fully saturated rings. The maximum Gasteiger partial charge on any atom is -0.0155 e. The minimum Gasteiger partial charge on any atom is -0.0622 e. The van der Waals surface area contributed by atoms with Gasteiger partial charge < -0.3 is 0 Å². The van der Waals surface area contributed by atoms with Gasteiger partial charge in [-0.2, -0.15) is 0 Å². The molecular weight excluding hydrogens is 168 g/mol. The second-order valence-corrected chi connectivity index (χ2v) is 3.68. The summed E-state index contributed by atoms with van der Waals surface area (Å²) >= 11 is 0. The highest BCUT2D eigenvalue weighted by atomic mass is 14.1. The topological polar surface area (TPSA) is 0 Å². The largest absolute Gasteiger partial charge is 0.0622 e. The van der Waals surface area contributed by atoms with E-state index in [9.17, 15) is 0 Å². The average molecular weight is 182 g/mol. The lowest BCUT2D eigenvalue weighted by atomic mass is 9.97. The van der Waals surface area contributed by atoms with Crippen LogP contribution in [0, 0.1) is 6.92 Å². The number of aryl methyl sites for hydroxylation is 1. The van der Waals surface area contributed by atoms with Crippen LogP contribution in [0.2, 0.25) is 0 Å². The van der Waals surface area contributed by atoms with Crippen LogP contribution >= 0.6 is 0 Å². The van der Waals surface area contributed by atoms with Crippen molar-refractivity contribution in [3.05, 3.63) is 59.2 Å². The first kappa shape index (κ1) is 9.01. The predicted octanol–water partition coefficient (Wildman–Crippen LogP) is 3.98. The Bertz CT molecular complexity index is 431. The lowest BCUT2D eigenvalue weighted by Crippen LogP contribution is -1.88. The summed E-state index contributed by atoms with van der Waals surface area (Å²) in [5.41, 5.74) is 5.27. The number of benzene rings is 1. The molecule has 0 saturated carbocycles. The van der Waals surface area contributed by atoms with E-state index in [0.717, 1.165) is 0 Å². The van der Waals surface area contributed by atoms with Gasteiger partial charge in [-0.05, 0) is 30.5 Å². The molecule has 0 atom stereocenters. The van der Waals surface area contributed by atoms with Gasteiger partial charge in [0, 0.05) is 0 Å². The summed E-state index contributed by atoms with van der Waals surface area (Å²) in [6.45, 7) is 4.28. The van der Waals surface area contributed by atoms with E-state index in [-0.39, 0.29) is 0 Å². The summed E-state index contributed by atoms with van der Waals surface area (Å²) in [6, 6.07) is 6.58. The first-order chi connectivity index (χ1) is 6.77. The third-order valence-corrected chi connectivity index (χ3v) is 2.48. The second-order valence-electron chi connectivity index (χ2n) is 3.68. The van der Waals surface area contributed by atoms with Crippen LogP contribution in [0.15, 0.2) is 42.5 Å². The lowest BCUT2D eigenvalue weighted by Gasteiger charge is -2.08. The fraction of sp³-hybridized carbons (Fsp3) is 0.143. The van der Waals surface area contributed by atoms with Gasteiger partial charge in [0.2, 0.25) is 0 Å². The van der Waals surface area contributed by atoms with E-state index >= 15 is 0 Å². The van der Waals surface area contributed by atoms with Crippen LogP contribution in [-0.2, 0) is 0 Å². The molecule has 1 aromatic rings. The Labute approximate surface area is 85.3 Å². The van der Waals surface area contributed by atoms with Crippen molar-refractivity contribution >= 4 is 11.6 Å². The van der Waals surface area contributed by atoms with E-state index in [4.69, 9.17) is 0 Å². The maximum absolute atomic E-state index is 2.22. The highest BCUT2D eigenvalue weighted by molar-refractivity contribution is 5.75. The molecule has 0 nitrogen and oxygen atoms in total. The number of fused-ring (bicyclic) bond motifs is 1. The number of rotatable bonds is 0. The molecule has 0 unspecified atom stereocenters. The molecule has 0 heteroatoms. The molecule has 2 rings (SSSR count). The van der Waals surface area contributed by atoms with Crippen molar-refractivity contribution in [2.24, 2.45) is 0 Å². The molecule has 14 heavy (non-hydrogen) atoms. The molecule has 0 aromatic heterocycles. The van der Waals surface area contributed by atoms with Gasteiger partial charge in [-0.25, -0.2) is 0 Å². The normalized spacial score (nSPS) is 22.6. The minimum absolute atomic E-state index is 1.31. The molecule has 1 aliphatic carbocycles. The molecule has 0 spiro atoms. The molecule has 0 radical (unpaired) electrons. The minimum atomic E-state index is 1.31. The van der Waals surface area contributed by atoms with Crippen molar-refractivity contribution in [2.45, 2.75) is 13.8 Å². The van der Waals surface area contributed by atoms with E-state index in [2.05, 4.69) is 62.4 Å². The van der Waals surface area contributed by atoms with Crippen molar-refractivity contribution in [3.63, 3.8) is 0 Å². The molecule has 0 aliphatic heterocycles.